The quantitative estimate of drug-likeness (QED) is 0.267. The Hall–Kier alpha value is -0.900. The number of piperidine rings is 1. The van der Waals surface area contributed by atoms with E-state index in [1.54, 1.807) is 0 Å². The molecule has 7 nitrogen and oxygen atoms in total. The average Bonchev–Trinajstić information content (AvgIpc) is 2.58. The standard InChI is InChI=1S/C16H29IN4O3/c1-12-4-3-5-13(2)21(12)11-16(24)20-10-15(23)19-9-8-18-14(22)6-7-17/h12-13H,3-11H2,1-2H3,(H,18,22)(H,19,23)(H,20,24)/i10D,11D2. The van der Waals surface area contributed by atoms with Gasteiger partial charge in [-0.3, -0.25) is 19.3 Å². The van der Waals surface area contributed by atoms with Gasteiger partial charge >= 0.3 is 0 Å². The van der Waals surface area contributed by atoms with Gasteiger partial charge in [-0.05, 0) is 26.7 Å². The van der Waals surface area contributed by atoms with Gasteiger partial charge in [0.1, 0.15) is 0 Å². The zero-order valence-corrected chi connectivity index (χ0v) is 16.4. The molecule has 0 aliphatic carbocycles. The van der Waals surface area contributed by atoms with Crippen LogP contribution in [0.1, 0.15) is 43.6 Å². The second-order valence-electron chi connectivity index (χ2n) is 5.85. The monoisotopic (exact) mass is 455 g/mol. The molecular weight excluding hydrogens is 423 g/mol. The van der Waals surface area contributed by atoms with E-state index in [4.69, 9.17) is 4.11 Å². The first-order valence-corrected chi connectivity index (χ1v) is 9.75. The Morgan fingerprint density at radius 3 is 2.21 bits per heavy atom. The molecule has 1 rings (SSSR count). The lowest BCUT2D eigenvalue weighted by molar-refractivity contribution is -0.127. The summed E-state index contributed by atoms with van der Waals surface area (Å²) in [5.74, 6) is -1.86. The van der Waals surface area contributed by atoms with Gasteiger partial charge in [0.15, 0.2) is 0 Å². The Balaban J connectivity index is 2.49. The molecule has 0 bridgehead atoms. The highest BCUT2D eigenvalue weighted by atomic mass is 127. The molecule has 3 unspecified atom stereocenters. The van der Waals surface area contributed by atoms with Gasteiger partial charge < -0.3 is 16.0 Å². The minimum absolute atomic E-state index is 0.0985. The molecule has 3 N–H and O–H groups in total. The first kappa shape index (κ1) is 16.6. The van der Waals surface area contributed by atoms with Crippen LogP contribution in [0.3, 0.4) is 0 Å². The van der Waals surface area contributed by atoms with Crippen molar-refractivity contribution < 1.29 is 18.5 Å². The van der Waals surface area contributed by atoms with Crippen LogP contribution in [0.4, 0.5) is 0 Å². The molecule has 1 fully saturated rings. The van der Waals surface area contributed by atoms with Crippen LogP contribution in [-0.2, 0) is 14.4 Å². The third kappa shape index (κ3) is 8.27. The van der Waals surface area contributed by atoms with Crippen LogP contribution in [0, 0.1) is 0 Å². The van der Waals surface area contributed by atoms with Crippen molar-refractivity contribution in [3.05, 3.63) is 0 Å². The zero-order valence-electron chi connectivity index (χ0n) is 17.2. The highest BCUT2D eigenvalue weighted by Gasteiger charge is 2.26. The molecule has 138 valence electrons. The number of nitrogens with zero attached hydrogens (tertiary/aromatic N) is 1. The highest BCUT2D eigenvalue weighted by molar-refractivity contribution is 14.1. The summed E-state index contributed by atoms with van der Waals surface area (Å²) in [6.45, 7) is 0.186. The third-order valence-corrected chi connectivity index (χ3v) is 4.37. The minimum atomic E-state index is -2.30. The van der Waals surface area contributed by atoms with E-state index in [1.807, 2.05) is 13.8 Å². The van der Waals surface area contributed by atoms with Crippen molar-refractivity contribution >= 4 is 40.3 Å². The maximum atomic E-state index is 12.4. The third-order valence-electron chi connectivity index (χ3n) is 3.83. The van der Waals surface area contributed by atoms with Gasteiger partial charge in [0, 0.05) is 36.0 Å². The number of alkyl halides is 1. The van der Waals surface area contributed by atoms with Gasteiger partial charge in [0.2, 0.25) is 17.7 Å². The molecule has 1 aliphatic heterocycles. The zero-order chi connectivity index (χ0) is 20.6. The molecule has 0 aromatic rings. The summed E-state index contributed by atoms with van der Waals surface area (Å²) in [5, 5.41) is 7.20. The van der Waals surface area contributed by atoms with Crippen molar-refractivity contribution in [1.82, 2.24) is 20.9 Å². The number of rotatable bonds is 9. The Kier molecular flexibility index (Phi) is 8.02. The smallest absolute Gasteiger partial charge is 0.239 e. The molecule has 3 atom stereocenters. The number of halogens is 1. The summed E-state index contributed by atoms with van der Waals surface area (Å²) in [4.78, 5) is 37.1. The van der Waals surface area contributed by atoms with E-state index >= 15 is 0 Å². The lowest BCUT2D eigenvalue weighted by Gasteiger charge is -2.38. The summed E-state index contributed by atoms with van der Waals surface area (Å²) in [6.07, 6.45) is 2.97. The molecule has 0 saturated carbocycles. The number of hydrogen-bond acceptors (Lipinski definition) is 4. The Morgan fingerprint density at radius 1 is 1.04 bits per heavy atom. The molecule has 1 aliphatic rings. The number of hydrogen-bond donors (Lipinski definition) is 3. The van der Waals surface area contributed by atoms with Crippen LogP contribution in [0.2, 0.25) is 0 Å². The van der Waals surface area contributed by atoms with Gasteiger partial charge in [0.25, 0.3) is 0 Å². The van der Waals surface area contributed by atoms with E-state index in [0.29, 0.717) is 10.8 Å². The lowest BCUT2D eigenvalue weighted by Crippen LogP contribution is -2.50. The Labute approximate surface area is 162 Å². The summed E-state index contributed by atoms with van der Waals surface area (Å²) in [5.41, 5.74) is 0. The van der Waals surface area contributed by atoms with Gasteiger partial charge in [-0.2, -0.15) is 0 Å². The molecule has 8 heteroatoms. The fourth-order valence-corrected chi connectivity index (χ4v) is 3.03. The first-order chi connectivity index (χ1) is 12.6. The number of likely N-dealkylation sites (tertiary alicyclic amines) is 1. The number of carbonyl (C=O) groups excluding carboxylic acids is 3. The minimum Gasteiger partial charge on any atom is -0.354 e. The number of nitrogens with one attached hydrogen (secondary N) is 3. The van der Waals surface area contributed by atoms with Crippen LogP contribution < -0.4 is 16.0 Å². The SMILES string of the molecule is [2H]C(NC(=O)C([2H])([2H])N1C(C)CCCC1C)C(=O)NCCNC(=O)CCI. The van der Waals surface area contributed by atoms with Crippen LogP contribution in [-0.4, -0.2) is 65.2 Å². The van der Waals surface area contributed by atoms with E-state index in [0.717, 1.165) is 19.3 Å². The van der Waals surface area contributed by atoms with Gasteiger partial charge in [-0.25, -0.2) is 0 Å². The molecule has 0 aromatic carbocycles. The van der Waals surface area contributed by atoms with Crippen molar-refractivity contribution in [3.63, 3.8) is 0 Å². The van der Waals surface area contributed by atoms with Crippen LogP contribution in [0.5, 0.6) is 0 Å². The number of amides is 3. The van der Waals surface area contributed by atoms with Crippen LogP contribution in [0.25, 0.3) is 0 Å². The molecule has 1 heterocycles. The Morgan fingerprint density at radius 2 is 1.62 bits per heavy atom. The summed E-state index contributed by atoms with van der Waals surface area (Å²) < 4.78 is 24.9. The van der Waals surface area contributed by atoms with E-state index in [-0.39, 0.29) is 31.1 Å². The van der Waals surface area contributed by atoms with Crippen molar-refractivity contribution in [2.24, 2.45) is 0 Å². The molecule has 0 radical (unpaired) electrons. The maximum absolute atomic E-state index is 12.4. The molecule has 0 spiro atoms. The van der Waals surface area contributed by atoms with Crippen LogP contribution in [0.15, 0.2) is 0 Å². The van der Waals surface area contributed by atoms with Gasteiger partial charge in [-0.1, -0.05) is 29.0 Å². The largest absolute Gasteiger partial charge is 0.354 e. The summed E-state index contributed by atoms with van der Waals surface area (Å²) >= 11 is 2.09. The normalized spacial score (nSPS) is 24.9. The van der Waals surface area contributed by atoms with E-state index in [1.165, 1.54) is 4.90 Å². The Bertz CT molecular complexity index is 529. The van der Waals surface area contributed by atoms with E-state index in [2.05, 4.69) is 38.5 Å². The lowest BCUT2D eigenvalue weighted by atomic mass is 9.97. The van der Waals surface area contributed by atoms with Gasteiger partial charge in [0.05, 0.1) is 17.1 Å². The molecule has 24 heavy (non-hydrogen) atoms. The fourth-order valence-electron chi connectivity index (χ4n) is 2.54. The topological polar surface area (TPSA) is 90.5 Å². The predicted octanol–water partition coefficient (Wildman–Crippen LogP) is 0.423. The number of carbonyl (C=O) groups is 3. The second kappa shape index (κ2) is 11.6. The molecule has 1 saturated heterocycles. The van der Waals surface area contributed by atoms with E-state index < -0.39 is 24.8 Å². The summed E-state index contributed by atoms with van der Waals surface area (Å²) in [6, 6.07) is -0.197. The van der Waals surface area contributed by atoms with E-state index in [9.17, 15) is 14.4 Å². The highest BCUT2D eigenvalue weighted by Crippen LogP contribution is 2.21. The average molecular weight is 455 g/mol. The molecular formula is C16H29IN4O3. The molecule has 3 amide bonds. The molecule has 0 aromatic heterocycles. The fraction of sp³-hybridized carbons (Fsp3) is 0.812. The van der Waals surface area contributed by atoms with Crippen molar-refractivity contribution in [3.8, 4) is 0 Å². The van der Waals surface area contributed by atoms with Crippen molar-refractivity contribution in [1.29, 1.82) is 0 Å². The van der Waals surface area contributed by atoms with Gasteiger partial charge in [-0.15, -0.1) is 0 Å². The predicted molar refractivity (Wildman–Crippen MR) is 102 cm³/mol. The van der Waals surface area contributed by atoms with Crippen LogP contribution >= 0.6 is 22.6 Å². The maximum Gasteiger partial charge on any atom is 0.239 e. The van der Waals surface area contributed by atoms with Crippen molar-refractivity contribution in [2.45, 2.75) is 51.6 Å². The second-order valence-corrected chi connectivity index (χ2v) is 6.92. The summed E-state index contributed by atoms with van der Waals surface area (Å²) in [7, 11) is 0. The first-order valence-electron chi connectivity index (χ1n) is 9.81. The van der Waals surface area contributed by atoms with Crippen molar-refractivity contribution in [2.75, 3.05) is 30.5 Å².